The number of ether oxygens (including phenoxy) is 1. The Morgan fingerprint density at radius 1 is 1.06 bits per heavy atom. The number of rotatable bonds is 6. The number of carbonyl (C=O) groups is 1. The van der Waals surface area contributed by atoms with Crippen molar-refractivity contribution in [1.29, 1.82) is 0 Å². The summed E-state index contributed by atoms with van der Waals surface area (Å²) in [5.41, 5.74) is 3.04. The summed E-state index contributed by atoms with van der Waals surface area (Å²) in [5.74, 6) is 0.658. The van der Waals surface area contributed by atoms with Gasteiger partial charge in [0, 0.05) is 25.2 Å². The van der Waals surface area contributed by atoms with Gasteiger partial charge in [-0.25, -0.2) is 8.42 Å². The predicted molar refractivity (Wildman–Crippen MR) is 125 cm³/mol. The van der Waals surface area contributed by atoms with Crippen LogP contribution in [-0.4, -0.2) is 39.4 Å². The molecule has 6 nitrogen and oxygen atoms in total. The molecule has 1 heterocycles. The van der Waals surface area contributed by atoms with Gasteiger partial charge >= 0.3 is 0 Å². The quantitative estimate of drug-likeness (QED) is 0.567. The molecule has 0 saturated carbocycles. The molecule has 0 unspecified atom stereocenters. The van der Waals surface area contributed by atoms with Gasteiger partial charge in [-0.1, -0.05) is 30.3 Å². The molecule has 0 bridgehead atoms. The first-order chi connectivity index (χ1) is 15.3. The Morgan fingerprint density at radius 2 is 1.75 bits per heavy atom. The van der Waals surface area contributed by atoms with Gasteiger partial charge in [-0.15, -0.1) is 0 Å². The van der Waals surface area contributed by atoms with Crippen LogP contribution in [0.1, 0.15) is 28.4 Å². The molecule has 1 atom stereocenters. The van der Waals surface area contributed by atoms with Gasteiger partial charge in [-0.3, -0.25) is 9.10 Å². The van der Waals surface area contributed by atoms with Crippen molar-refractivity contribution >= 4 is 21.6 Å². The van der Waals surface area contributed by atoms with E-state index < -0.39 is 10.0 Å². The van der Waals surface area contributed by atoms with Crippen molar-refractivity contribution < 1.29 is 17.9 Å². The number of hydrogen-bond acceptors (Lipinski definition) is 4. The highest BCUT2D eigenvalue weighted by Crippen LogP contribution is 2.37. The number of methoxy groups -OCH3 is 1. The van der Waals surface area contributed by atoms with Gasteiger partial charge in [0.25, 0.3) is 15.9 Å². The minimum atomic E-state index is -3.67. The Labute approximate surface area is 189 Å². The first kappa shape index (κ1) is 21.9. The average molecular weight is 451 g/mol. The number of fused-ring (bicyclic) bond motifs is 1. The zero-order valence-electron chi connectivity index (χ0n) is 18.4. The van der Waals surface area contributed by atoms with Crippen LogP contribution in [0.2, 0.25) is 0 Å². The molecule has 0 fully saturated rings. The van der Waals surface area contributed by atoms with E-state index in [1.54, 1.807) is 61.5 Å². The molecule has 0 aliphatic carbocycles. The summed E-state index contributed by atoms with van der Waals surface area (Å²) in [6, 6.07) is 21.1. The number of benzene rings is 3. The van der Waals surface area contributed by atoms with E-state index in [4.69, 9.17) is 4.74 Å². The van der Waals surface area contributed by atoms with Gasteiger partial charge in [0.15, 0.2) is 0 Å². The van der Waals surface area contributed by atoms with Crippen molar-refractivity contribution in [3.63, 3.8) is 0 Å². The second kappa shape index (κ2) is 8.67. The normalized spacial score (nSPS) is 15.3. The van der Waals surface area contributed by atoms with Crippen LogP contribution in [0.3, 0.4) is 0 Å². The van der Waals surface area contributed by atoms with E-state index >= 15 is 0 Å². The van der Waals surface area contributed by atoms with Gasteiger partial charge in [-0.05, 0) is 66.9 Å². The van der Waals surface area contributed by atoms with Gasteiger partial charge in [0.2, 0.25) is 0 Å². The summed E-state index contributed by atoms with van der Waals surface area (Å²) in [7, 11) is -0.294. The van der Waals surface area contributed by atoms with Crippen molar-refractivity contribution in [2.24, 2.45) is 0 Å². The first-order valence-electron chi connectivity index (χ1n) is 10.4. The highest BCUT2D eigenvalue weighted by atomic mass is 32.2. The van der Waals surface area contributed by atoms with Crippen LogP contribution in [0.15, 0.2) is 77.7 Å². The number of carbonyl (C=O) groups excluding carboxylic acids is 1. The van der Waals surface area contributed by atoms with Gasteiger partial charge in [-0.2, -0.15) is 0 Å². The van der Waals surface area contributed by atoms with Gasteiger partial charge in [0.05, 0.1) is 17.7 Å². The minimum Gasteiger partial charge on any atom is -0.497 e. The molecule has 166 valence electrons. The molecule has 7 heteroatoms. The average Bonchev–Trinajstić information content (AvgIpc) is 3.15. The van der Waals surface area contributed by atoms with Crippen molar-refractivity contribution in [1.82, 2.24) is 4.90 Å². The SMILES string of the molecule is COc1ccc(CN(C)C(=O)c2ccc3c(c2)C[C@@H](C)N3S(=O)(=O)c2ccccc2)cc1. The van der Waals surface area contributed by atoms with E-state index in [0.29, 0.717) is 24.2 Å². The van der Waals surface area contributed by atoms with E-state index in [-0.39, 0.29) is 16.8 Å². The predicted octanol–water partition coefficient (Wildman–Crippen LogP) is 4.11. The van der Waals surface area contributed by atoms with Crippen molar-refractivity contribution in [3.8, 4) is 5.75 Å². The van der Waals surface area contributed by atoms with Crippen molar-refractivity contribution in [2.75, 3.05) is 18.5 Å². The second-order valence-corrected chi connectivity index (χ2v) is 9.83. The largest absolute Gasteiger partial charge is 0.497 e. The molecule has 3 aromatic carbocycles. The maximum Gasteiger partial charge on any atom is 0.264 e. The summed E-state index contributed by atoms with van der Waals surface area (Å²) in [4.78, 5) is 14.9. The zero-order valence-corrected chi connectivity index (χ0v) is 19.2. The Morgan fingerprint density at radius 3 is 2.41 bits per heavy atom. The van der Waals surface area contributed by atoms with Crippen LogP contribution in [0, 0.1) is 0 Å². The van der Waals surface area contributed by atoms with Crippen molar-refractivity contribution in [3.05, 3.63) is 89.5 Å². The van der Waals surface area contributed by atoms with E-state index in [0.717, 1.165) is 16.9 Å². The molecular weight excluding hydrogens is 424 g/mol. The summed E-state index contributed by atoms with van der Waals surface area (Å²) < 4.78 is 33.1. The third-order valence-corrected chi connectivity index (χ3v) is 7.65. The molecule has 4 rings (SSSR count). The molecule has 0 aromatic heterocycles. The standard InChI is InChI=1S/C25H26N2O4S/c1-18-15-21-16-20(25(28)26(2)17-19-9-12-22(31-3)13-10-19)11-14-24(21)27(18)32(29,30)23-7-5-4-6-8-23/h4-14,16,18H,15,17H2,1-3H3/t18-/m1/s1. The fraction of sp³-hybridized carbons (Fsp3) is 0.240. The third kappa shape index (κ3) is 4.08. The molecule has 0 saturated heterocycles. The molecule has 1 amide bonds. The minimum absolute atomic E-state index is 0.111. The zero-order chi connectivity index (χ0) is 22.9. The Balaban J connectivity index is 1.56. The highest BCUT2D eigenvalue weighted by molar-refractivity contribution is 7.92. The Bertz CT molecular complexity index is 1220. The fourth-order valence-electron chi connectivity index (χ4n) is 4.11. The molecular formula is C25H26N2O4S. The summed E-state index contributed by atoms with van der Waals surface area (Å²) >= 11 is 0. The smallest absolute Gasteiger partial charge is 0.264 e. The summed E-state index contributed by atoms with van der Waals surface area (Å²) in [5, 5.41) is 0. The van der Waals surface area contributed by atoms with Crippen LogP contribution in [-0.2, 0) is 23.0 Å². The van der Waals surface area contributed by atoms with E-state index in [9.17, 15) is 13.2 Å². The topological polar surface area (TPSA) is 66.9 Å². The number of anilines is 1. The van der Waals surface area contributed by atoms with Crippen LogP contribution >= 0.6 is 0 Å². The molecule has 0 spiro atoms. The van der Waals surface area contributed by atoms with Crippen LogP contribution in [0.5, 0.6) is 5.75 Å². The molecule has 32 heavy (non-hydrogen) atoms. The summed E-state index contributed by atoms with van der Waals surface area (Å²) in [6.07, 6.45) is 0.560. The van der Waals surface area contributed by atoms with Gasteiger partial charge < -0.3 is 9.64 Å². The Kier molecular flexibility index (Phi) is 5.93. The highest BCUT2D eigenvalue weighted by Gasteiger charge is 2.36. The lowest BCUT2D eigenvalue weighted by Gasteiger charge is -2.24. The molecule has 1 aliphatic heterocycles. The van der Waals surface area contributed by atoms with Crippen LogP contribution in [0.25, 0.3) is 0 Å². The summed E-state index contributed by atoms with van der Waals surface area (Å²) in [6.45, 7) is 2.35. The Hall–Kier alpha value is -3.32. The third-order valence-electron chi connectivity index (χ3n) is 5.71. The lowest BCUT2D eigenvalue weighted by atomic mass is 10.1. The second-order valence-electron chi connectivity index (χ2n) is 8.02. The number of sulfonamides is 1. The maximum absolute atomic E-state index is 13.2. The fourth-order valence-corrected chi connectivity index (χ4v) is 5.82. The maximum atomic E-state index is 13.2. The van der Waals surface area contributed by atoms with E-state index in [1.807, 2.05) is 37.3 Å². The van der Waals surface area contributed by atoms with Crippen molar-refractivity contribution in [2.45, 2.75) is 30.8 Å². The van der Waals surface area contributed by atoms with E-state index in [1.165, 1.54) is 4.31 Å². The number of nitrogens with zero attached hydrogens (tertiary/aromatic N) is 2. The van der Waals surface area contributed by atoms with Crippen LogP contribution in [0.4, 0.5) is 5.69 Å². The monoisotopic (exact) mass is 450 g/mol. The number of hydrogen-bond donors (Lipinski definition) is 0. The lowest BCUT2D eigenvalue weighted by molar-refractivity contribution is 0.0785. The van der Waals surface area contributed by atoms with E-state index in [2.05, 4.69) is 0 Å². The molecule has 0 N–H and O–H groups in total. The molecule has 0 radical (unpaired) electrons. The van der Waals surface area contributed by atoms with Crippen LogP contribution < -0.4 is 9.04 Å². The first-order valence-corrected chi connectivity index (χ1v) is 11.9. The lowest BCUT2D eigenvalue weighted by Crippen LogP contribution is -2.35. The van der Waals surface area contributed by atoms with Gasteiger partial charge in [0.1, 0.15) is 5.75 Å². The number of amides is 1. The molecule has 1 aliphatic rings. The molecule has 3 aromatic rings.